The Bertz CT molecular complexity index is 739. The first-order valence-corrected chi connectivity index (χ1v) is 9.42. The van der Waals surface area contributed by atoms with Crippen molar-refractivity contribution in [2.24, 2.45) is 11.8 Å². The fourth-order valence-corrected chi connectivity index (χ4v) is 3.87. The van der Waals surface area contributed by atoms with Crippen LogP contribution in [0.1, 0.15) is 39.2 Å². The number of hydrogen-bond donors (Lipinski definition) is 0. The lowest BCUT2D eigenvalue weighted by atomic mass is 9.97. The van der Waals surface area contributed by atoms with Gasteiger partial charge in [0.25, 0.3) is 11.8 Å². The van der Waals surface area contributed by atoms with Crippen LogP contribution in [-0.2, 0) is 9.59 Å². The largest absolute Gasteiger partial charge is 0.496 e. The summed E-state index contributed by atoms with van der Waals surface area (Å²) >= 11 is 0. The Morgan fingerprint density at radius 3 is 2.58 bits per heavy atom. The first-order chi connectivity index (χ1) is 12.4. The Morgan fingerprint density at radius 1 is 1.19 bits per heavy atom. The number of rotatable bonds is 5. The molecule has 2 aliphatic heterocycles. The van der Waals surface area contributed by atoms with Gasteiger partial charge in [-0.3, -0.25) is 14.5 Å². The zero-order valence-electron chi connectivity index (χ0n) is 16.1. The second-order valence-electron chi connectivity index (χ2n) is 7.73. The standard InChI is InChI=1S/C21H28N2O3/c1-14(2)12-23-20(24)18(16-9-5-6-10-17(16)26-4)19(21(23)25)22-11-7-8-15(3)13-22/h5-6,9-10,14-15H,7-8,11-13H2,1-4H3. The summed E-state index contributed by atoms with van der Waals surface area (Å²) in [6, 6.07) is 7.45. The molecule has 2 amide bonds. The third-order valence-corrected chi connectivity index (χ3v) is 5.04. The minimum atomic E-state index is -0.207. The molecule has 0 spiro atoms. The zero-order chi connectivity index (χ0) is 18.8. The van der Waals surface area contributed by atoms with E-state index >= 15 is 0 Å². The number of carbonyl (C=O) groups is 2. The van der Waals surface area contributed by atoms with Crippen molar-refractivity contribution in [3.8, 4) is 5.75 Å². The number of carbonyl (C=O) groups excluding carboxylic acids is 2. The van der Waals surface area contributed by atoms with Crippen LogP contribution in [0.15, 0.2) is 30.0 Å². The maximum Gasteiger partial charge on any atom is 0.277 e. The van der Waals surface area contributed by atoms with Gasteiger partial charge in [0, 0.05) is 25.2 Å². The fourth-order valence-electron chi connectivity index (χ4n) is 3.87. The molecule has 0 N–H and O–H groups in total. The molecular weight excluding hydrogens is 328 g/mol. The molecule has 1 atom stereocenters. The number of imide groups is 1. The van der Waals surface area contributed by atoms with Crippen LogP contribution in [0.3, 0.4) is 0 Å². The number of para-hydroxylation sites is 1. The van der Waals surface area contributed by atoms with Crippen LogP contribution in [0.5, 0.6) is 5.75 Å². The summed E-state index contributed by atoms with van der Waals surface area (Å²) in [4.78, 5) is 29.9. The van der Waals surface area contributed by atoms with E-state index in [1.54, 1.807) is 7.11 Å². The average Bonchev–Trinajstić information content (AvgIpc) is 2.85. The number of benzene rings is 1. The van der Waals surface area contributed by atoms with Crippen LogP contribution in [0.2, 0.25) is 0 Å². The molecule has 5 heteroatoms. The zero-order valence-corrected chi connectivity index (χ0v) is 16.1. The molecule has 1 unspecified atom stereocenters. The van der Waals surface area contributed by atoms with Crippen molar-refractivity contribution in [2.75, 3.05) is 26.7 Å². The summed E-state index contributed by atoms with van der Waals surface area (Å²) in [5, 5.41) is 0. The van der Waals surface area contributed by atoms with Gasteiger partial charge in [-0.15, -0.1) is 0 Å². The molecule has 2 heterocycles. The van der Waals surface area contributed by atoms with Crippen molar-refractivity contribution in [1.29, 1.82) is 0 Å². The molecule has 5 nitrogen and oxygen atoms in total. The number of likely N-dealkylation sites (tertiary alicyclic amines) is 1. The Hall–Kier alpha value is -2.30. The van der Waals surface area contributed by atoms with Gasteiger partial charge in [-0.2, -0.15) is 0 Å². The lowest BCUT2D eigenvalue weighted by molar-refractivity contribution is -0.138. The van der Waals surface area contributed by atoms with Gasteiger partial charge in [0.1, 0.15) is 11.4 Å². The van der Waals surface area contributed by atoms with E-state index in [1.165, 1.54) is 4.90 Å². The molecule has 2 aliphatic rings. The Kier molecular flexibility index (Phi) is 5.35. The molecule has 1 aromatic carbocycles. The fraction of sp³-hybridized carbons (Fsp3) is 0.524. The molecule has 0 aromatic heterocycles. The number of methoxy groups -OCH3 is 1. The second-order valence-corrected chi connectivity index (χ2v) is 7.73. The smallest absolute Gasteiger partial charge is 0.277 e. The van der Waals surface area contributed by atoms with Gasteiger partial charge in [-0.25, -0.2) is 0 Å². The number of piperidine rings is 1. The van der Waals surface area contributed by atoms with Gasteiger partial charge >= 0.3 is 0 Å². The van der Waals surface area contributed by atoms with Crippen LogP contribution < -0.4 is 4.74 Å². The number of amides is 2. The topological polar surface area (TPSA) is 49.9 Å². The van der Waals surface area contributed by atoms with Gasteiger partial charge in [-0.05, 0) is 30.7 Å². The van der Waals surface area contributed by atoms with Crippen LogP contribution in [-0.4, -0.2) is 48.4 Å². The third-order valence-electron chi connectivity index (χ3n) is 5.04. The lowest BCUT2D eigenvalue weighted by Crippen LogP contribution is -2.40. The van der Waals surface area contributed by atoms with Crippen molar-refractivity contribution >= 4 is 17.4 Å². The molecule has 3 rings (SSSR count). The van der Waals surface area contributed by atoms with Gasteiger partial charge in [0.15, 0.2) is 0 Å². The van der Waals surface area contributed by atoms with Crippen LogP contribution >= 0.6 is 0 Å². The monoisotopic (exact) mass is 356 g/mol. The highest BCUT2D eigenvalue weighted by Gasteiger charge is 2.43. The van der Waals surface area contributed by atoms with Gasteiger partial charge < -0.3 is 9.64 Å². The van der Waals surface area contributed by atoms with E-state index in [2.05, 4.69) is 11.8 Å². The van der Waals surface area contributed by atoms with E-state index in [-0.39, 0.29) is 17.7 Å². The summed E-state index contributed by atoms with van der Waals surface area (Å²) < 4.78 is 5.48. The normalized spacial score (nSPS) is 21.2. The minimum Gasteiger partial charge on any atom is -0.496 e. The molecule has 0 radical (unpaired) electrons. The first-order valence-electron chi connectivity index (χ1n) is 9.42. The molecule has 140 valence electrons. The van der Waals surface area contributed by atoms with E-state index in [0.717, 1.165) is 25.9 Å². The van der Waals surface area contributed by atoms with Crippen molar-refractivity contribution in [1.82, 2.24) is 9.80 Å². The van der Waals surface area contributed by atoms with E-state index in [9.17, 15) is 9.59 Å². The Labute approximate surface area is 155 Å². The quantitative estimate of drug-likeness (QED) is 0.761. The summed E-state index contributed by atoms with van der Waals surface area (Å²) in [6.07, 6.45) is 2.20. The molecule has 1 saturated heterocycles. The van der Waals surface area contributed by atoms with Gasteiger partial charge in [0.2, 0.25) is 0 Å². The predicted molar refractivity (Wildman–Crippen MR) is 101 cm³/mol. The highest BCUT2D eigenvalue weighted by molar-refractivity contribution is 6.36. The minimum absolute atomic E-state index is 0.168. The molecule has 26 heavy (non-hydrogen) atoms. The highest BCUT2D eigenvalue weighted by Crippen LogP contribution is 2.37. The van der Waals surface area contributed by atoms with E-state index in [1.807, 2.05) is 38.1 Å². The van der Waals surface area contributed by atoms with E-state index in [0.29, 0.717) is 35.0 Å². The molecule has 0 aliphatic carbocycles. The van der Waals surface area contributed by atoms with Crippen molar-refractivity contribution in [2.45, 2.75) is 33.6 Å². The maximum atomic E-state index is 13.2. The average molecular weight is 356 g/mol. The van der Waals surface area contributed by atoms with Gasteiger partial charge in [-0.1, -0.05) is 39.0 Å². The summed E-state index contributed by atoms with van der Waals surface area (Å²) in [6.45, 7) is 8.29. The molecule has 1 fully saturated rings. The van der Waals surface area contributed by atoms with Crippen molar-refractivity contribution in [3.63, 3.8) is 0 Å². The summed E-state index contributed by atoms with van der Waals surface area (Å²) in [7, 11) is 1.59. The number of ether oxygens (including phenoxy) is 1. The lowest BCUT2D eigenvalue weighted by Gasteiger charge is -2.33. The maximum absolute atomic E-state index is 13.2. The van der Waals surface area contributed by atoms with Crippen molar-refractivity contribution in [3.05, 3.63) is 35.5 Å². The van der Waals surface area contributed by atoms with Gasteiger partial charge in [0.05, 0.1) is 12.7 Å². The molecular formula is C21H28N2O3. The van der Waals surface area contributed by atoms with Crippen LogP contribution in [0.4, 0.5) is 0 Å². The van der Waals surface area contributed by atoms with E-state index in [4.69, 9.17) is 4.74 Å². The number of nitrogens with zero attached hydrogens (tertiary/aromatic N) is 2. The molecule has 0 saturated carbocycles. The van der Waals surface area contributed by atoms with Crippen LogP contribution in [0.25, 0.3) is 5.57 Å². The Morgan fingerprint density at radius 2 is 1.92 bits per heavy atom. The summed E-state index contributed by atoms with van der Waals surface area (Å²) in [5.74, 6) is 0.983. The first kappa shape index (κ1) is 18.5. The third kappa shape index (κ3) is 3.35. The highest BCUT2D eigenvalue weighted by atomic mass is 16.5. The SMILES string of the molecule is COc1ccccc1C1=C(N2CCCC(C)C2)C(=O)N(CC(C)C)C1=O. The Balaban J connectivity index is 2.11. The second kappa shape index (κ2) is 7.52. The van der Waals surface area contributed by atoms with Crippen molar-refractivity contribution < 1.29 is 14.3 Å². The molecule has 1 aromatic rings. The summed E-state index contributed by atoms with van der Waals surface area (Å²) in [5.41, 5.74) is 1.74. The molecule has 0 bridgehead atoms. The van der Waals surface area contributed by atoms with Crippen LogP contribution in [0, 0.1) is 11.8 Å². The predicted octanol–water partition coefficient (Wildman–Crippen LogP) is 3.16. The van der Waals surface area contributed by atoms with E-state index < -0.39 is 0 Å². The number of hydrogen-bond acceptors (Lipinski definition) is 4.